The normalized spacial score (nSPS) is 11.5. The van der Waals surface area contributed by atoms with Crippen molar-refractivity contribution < 1.29 is 14.0 Å². The van der Waals surface area contributed by atoms with Gasteiger partial charge >= 0.3 is 11.3 Å². The van der Waals surface area contributed by atoms with Crippen molar-refractivity contribution in [1.29, 1.82) is 0 Å². The first-order valence-electron chi connectivity index (χ1n) is 10.0. The quantitative estimate of drug-likeness (QED) is 0.345. The monoisotopic (exact) mass is 424 g/mol. The molecule has 0 saturated carbocycles. The topological polar surface area (TPSA) is 100.0 Å². The Kier molecular flexibility index (Phi) is 3.97. The number of hydrogen-bond acceptors (Lipinski definition) is 5. The molecule has 0 aliphatic heterocycles. The van der Waals surface area contributed by atoms with Crippen LogP contribution in [0.1, 0.15) is 5.82 Å². The number of nitrogens with zero attached hydrogens (tertiary/aromatic N) is 3. The molecular formula is C24H16N4O4. The second-order valence-electron chi connectivity index (χ2n) is 7.35. The molecule has 0 spiro atoms. The van der Waals surface area contributed by atoms with E-state index in [4.69, 9.17) is 9.25 Å². The van der Waals surface area contributed by atoms with Crippen molar-refractivity contribution in [2.75, 3.05) is 0 Å². The first-order chi connectivity index (χ1) is 15.7. The highest BCUT2D eigenvalue weighted by molar-refractivity contribution is 5.82. The fourth-order valence-corrected chi connectivity index (χ4v) is 3.85. The molecular weight excluding hydrogens is 408 g/mol. The van der Waals surface area contributed by atoms with Crippen LogP contribution in [0, 0.1) is 5.21 Å². The van der Waals surface area contributed by atoms with Crippen molar-refractivity contribution >= 4 is 33.0 Å². The maximum absolute atomic E-state index is 13.4. The van der Waals surface area contributed by atoms with E-state index in [1.807, 2.05) is 42.5 Å². The zero-order valence-electron chi connectivity index (χ0n) is 16.7. The second kappa shape index (κ2) is 6.98. The van der Waals surface area contributed by atoms with Crippen molar-refractivity contribution in [3.05, 3.63) is 100 Å². The van der Waals surface area contributed by atoms with Crippen LogP contribution in [0.4, 0.5) is 0 Å². The van der Waals surface area contributed by atoms with Crippen LogP contribution >= 0.6 is 0 Å². The van der Waals surface area contributed by atoms with Crippen LogP contribution in [-0.4, -0.2) is 14.7 Å². The van der Waals surface area contributed by atoms with Crippen molar-refractivity contribution in [2.24, 2.45) is 0 Å². The molecule has 0 aliphatic rings. The third kappa shape index (κ3) is 2.81. The first-order valence-corrected chi connectivity index (χ1v) is 10.0. The summed E-state index contributed by atoms with van der Waals surface area (Å²) in [6.07, 6.45) is 0. The van der Waals surface area contributed by atoms with Gasteiger partial charge in [-0.2, -0.15) is 4.73 Å². The number of fused-ring (bicyclic) bond motifs is 3. The van der Waals surface area contributed by atoms with Crippen LogP contribution in [0.25, 0.3) is 44.5 Å². The molecule has 8 heteroatoms. The Labute approximate surface area is 180 Å². The smallest absolute Gasteiger partial charge is 0.361 e. The highest BCUT2D eigenvalue weighted by Crippen LogP contribution is 2.25. The summed E-state index contributed by atoms with van der Waals surface area (Å²) in [6.45, 7) is 0.0149. The molecule has 8 nitrogen and oxygen atoms in total. The van der Waals surface area contributed by atoms with E-state index < -0.39 is 5.56 Å². The molecule has 0 amide bonds. The SMILES string of the molecule is O=c1c(-c2cc3ccccc3o2)[n+]([O-])c2ccccc2n1OCc1nc2ccccc2[nH]1. The van der Waals surface area contributed by atoms with E-state index in [-0.39, 0.29) is 23.6 Å². The Balaban J connectivity index is 1.50. The van der Waals surface area contributed by atoms with Gasteiger partial charge in [-0.25, -0.2) is 4.98 Å². The van der Waals surface area contributed by atoms with Crippen molar-refractivity contribution in [3.63, 3.8) is 0 Å². The molecule has 0 aliphatic carbocycles. The zero-order valence-corrected chi connectivity index (χ0v) is 16.7. The fraction of sp³-hybridized carbons (Fsp3) is 0.0417. The van der Waals surface area contributed by atoms with Gasteiger partial charge in [0.25, 0.3) is 0 Å². The molecule has 32 heavy (non-hydrogen) atoms. The maximum atomic E-state index is 13.4. The summed E-state index contributed by atoms with van der Waals surface area (Å²) in [6, 6.07) is 23.4. The van der Waals surface area contributed by atoms with Gasteiger partial charge in [0.1, 0.15) is 11.4 Å². The lowest BCUT2D eigenvalue weighted by molar-refractivity contribution is -0.567. The number of aromatic amines is 1. The van der Waals surface area contributed by atoms with Gasteiger partial charge in [-0.3, -0.25) is 4.79 Å². The molecule has 0 radical (unpaired) electrons. The van der Waals surface area contributed by atoms with E-state index in [0.29, 0.717) is 21.7 Å². The van der Waals surface area contributed by atoms with Crippen LogP contribution < -0.4 is 15.1 Å². The Morgan fingerprint density at radius 3 is 2.69 bits per heavy atom. The number of aromatic nitrogens is 4. The number of rotatable bonds is 4. The number of imidazole rings is 1. The lowest BCUT2D eigenvalue weighted by Crippen LogP contribution is -2.42. The van der Waals surface area contributed by atoms with Crippen LogP contribution in [0.2, 0.25) is 0 Å². The first kappa shape index (κ1) is 18.2. The molecule has 156 valence electrons. The molecule has 3 heterocycles. The van der Waals surface area contributed by atoms with Crippen molar-refractivity contribution in [3.8, 4) is 11.5 Å². The van der Waals surface area contributed by atoms with Gasteiger partial charge in [0.05, 0.1) is 11.0 Å². The lowest BCUT2D eigenvalue weighted by Gasteiger charge is -2.12. The Hall–Kier alpha value is -4.59. The Bertz CT molecular complexity index is 1610. The summed E-state index contributed by atoms with van der Waals surface area (Å²) >= 11 is 0. The van der Waals surface area contributed by atoms with E-state index in [0.717, 1.165) is 21.2 Å². The highest BCUT2D eigenvalue weighted by atomic mass is 16.7. The number of furan rings is 1. The summed E-state index contributed by atoms with van der Waals surface area (Å²) < 4.78 is 7.53. The molecule has 0 atom stereocenters. The van der Waals surface area contributed by atoms with Crippen LogP contribution in [0.15, 0.2) is 88.1 Å². The number of hydrogen-bond donors (Lipinski definition) is 1. The Morgan fingerprint density at radius 1 is 1.03 bits per heavy atom. The largest absolute Gasteiger partial charge is 0.618 e. The van der Waals surface area contributed by atoms with E-state index in [2.05, 4.69) is 9.97 Å². The Morgan fingerprint density at radius 2 is 1.81 bits per heavy atom. The van der Waals surface area contributed by atoms with Gasteiger partial charge in [-0.05, 0) is 30.3 Å². The molecule has 6 aromatic rings. The van der Waals surface area contributed by atoms with Gasteiger partial charge in [-0.15, -0.1) is 4.73 Å². The fourth-order valence-electron chi connectivity index (χ4n) is 3.85. The molecule has 6 rings (SSSR count). The lowest BCUT2D eigenvalue weighted by atomic mass is 10.2. The summed E-state index contributed by atoms with van der Waals surface area (Å²) in [7, 11) is 0. The van der Waals surface area contributed by atoms with Gasteiger partial charge in [0, 0.05) is 11.5 Å². The summed E-state index contributed by atoms with van der Waals surface area (Å²) in [5.74, 6) is 0.740. The number of nitrogens with one attached hydrogen (secondary N) is 1. The molecule has 3 aromatic heterocycles. The van der Waals surface area contributed by atoms with Gasteiger partial charge in [0.15, 0.2) is 12.1 Å². The second-order valence-corrected chi connectivity index (χ2v) is 7.35. The number of H-pyrrole nitrogens is 1. The third-order valence-corrected chi connectivity index (χ3v) is 5.34. The van der Waals surface area contributed by atoms with E-state index in [9.17, 15) is 10.0 Å². The molecule has 1 N–H and O–H groups in total. The standard InChI is InChI=1S/C24H16N4O4/c29-24-23(21-13-15-7-1-6-12-20(15)32-21)27(30)18-10-4-5-11-19(18)28(24)31-14-22-25-16-8-2-3-9-17(16)26-22/h1-13H,14H2,(H,25,26). The molecule has 3 aromatic carbocycles. The van der Waals surface area contributed by atoms with Gasteiger partial charge in [0.2, 0.25) is 11.3 Å². The predicted molar refractivity (Wildman–Crippen MR) is 119 cm³/mol. The molecule has 0 unspecified atom stereocenters. The maximum Gasteiger partial charge on any atom is 0.361 e. The summed E-state index contributed by atoms with van der Waals surface area (Å²) in [4.78, 5) is 26.9. The molecule has 0 saturated heterocycles. The van der Waals surface area contributed by atoms with Crippen LogP contribution in [-0.2, 0) is 6.61 Å². The van der Waals surface area contributed by atoms with Gasteiger partial charge < -0.3 is 19.4 Å². The minimum absolute atomic E-state index is 0.0149. The average Bonchev–Trinajstić information content (AvgIpc) is 3.42. The number of para-hydroxylation sites is 5. The van der Waals surface area contributed by atoms with Crippen molar-refractivity contribution in [1.82, 2.24) is 14.7 Å². The van der Waals surface area contributed by atoms with E-state index >= 15 is 0 Å². The molecule has 0 fully saturated rings. The minimum atomic E-state index is -0.617. The minimum Gasteiger partial charge on any atom is -0.618 e. The predicted octanol–water partition coefficient (Wildman–Crippen LogP) is 3.55. The third-order valence-electron chi connectivity index (χ3n) is 5.34. The van der Waals surface area contributed by atoms with Crippen molar-refractivity contribution in [2.45, 2.75) is 6.61 Å². The van der Waals surface area contributed by atoms with Crippen LogP contribution in [0.3, 0.4) is 0 Å². The number of benzene rings is 3. The van der Waals surface area contributed by atoms with Crippen LogP contribution in [0.5, 0.6) is 0 Å². The molecule has 0 bridgehead atoms. The highest BCUT2D eigenvalue weighted by Gasteiger charge is 2.26. The van der Waals surface area contributed by atoms with E-state index in [1.54, 1.807) is 36.4 Å². The van der Waals surface area contributed by atoms with E-state index in [1.165, 1.54) is 0 Å². The summed E-state index contributed by atoms with van der Waals surface area (Å²) in [5.41, 5.74) is 2.13. The van der Waals surface area contributed by atoms with Gasteiger partial charge in [-0.1, -0.05) is 42.5 Å². The average molecular weight is 424 g/mol. The zero-order chi connectivity index (χ0) is 21.7. The summed E-state index contributed by atoms with van der Waals surface area (Å²) in [5, 5.41) is 13.9.